The van der Waals surface area contributed by atoms with Gasteiger partial charge in [0.25, 0.3) is 0 Å². The fourth-order valence-corrected chi connectivity index (χ4v) is 2.64. The van der Waals surface area contributed by atoms with Gasteiger partial charge in [-0.3, -0.25) is 9.19 Å². The molecule has 26 heavy (non-hydrogen) atoms. The first-order chi connectivity index (χ1) is 12.2. The smallest absolute Gasteiger partial charge is 0.416 e. The first-order valence-corrected chi connectivity index (χ1v) is 8.27. The second kappa shape index (κ2) is 8.39. The lowest BCUT2D eigenvalue weighted by Crippen LogP contribution is -2.25. The molecule has 0 bridgehead atoms. The Hall–Kier alpha value is -2.30. The maximum absolute atomic E-state index is 12.8. The molecule has 140 valence electrons. The molecule has 1 aromatic heterocycles. The Morgan fingerprint density at radius 1 is 1.27 bits per heavy atom. The summed E-state index contributed by atoms with van der Waals surface area (Å²) < 4.78 is 66.6. The van der Waals surface area contributed by atoms with Crippen LogP contribution < -0.4 is 0 Å². The molecule has 0 N–H and O–H groups in total. The summed E-state index contributed by atoms with van der Waals surface area (Å²) in [4.78, 5) is 15.3. The van der Waals surface area contributed by atoms with E-state index in [1.165, 1.54) is 37.6 Å². The van der Waals surface area contributed by atoms with Crippen molar-refractivity contribution in [1.82, 2.24) is 9.29 Å². The van der Waals surface area contributed by atoms with Crippen molar-refractivity contribution in [3.8, 4) is 0 Å². The molecule has 0 saturated heterocycles. The average molecular weight is 387 g/mol. The highest BCUT2D eigenvalue weighted by Crippen LogP contribution is 2.29. The highest BCUT2D eigenvalue weighted by Gasteiger charge is 2.30. The number of nitrogens with zero attached hydrogens (tertiary/aromatic N) is 2. The fourth-order valence-electron chi connectivity index (χ4n) is 2.15. The number of alkyl halides is 3. The van der Waals surface area contributed by atoms with Crippen molar-refractivity contribution < 1.29 is 31.5 Å². The molecule has 0 amide bonds. The molecule has 6 nitrogen and oxygen atoms in total. The van der Waals surface area contributed by atoms with Crippen LogP contribution in [-0.2, 0) is 35.3 Å². The fraction of sp³-hybridized carbons (Fsp3) is 0.250. The zero-order valence-corrected chi connectivity index (χ0v) is 14.3. The van der Waals surface area contributed by atoms with Crippen LogP contribution in [0.15, 0.2) is 42.6 Å². The van der Waals surface area contributed by atoms with Gasteiger partial charge in [-0.1, -0.05) is 18.2 Å². The molecule has 0 radical (unpaired) electrons. The van der Waals surface area contributed by atoms with Crippen LogP contribution in [-0.4, -0.2) is 31.1 Å². The van der Waals surface area contributed by atoms with Gasteiger partial charge in [0.1, 0.15) is 0 Å². The summed E-state index contributed by atoms with van der Waals surface area (Å²) in [6, 6.07) is 7.29. The van der Waals surface area contributed by atoms with Crippen molar-refractivity contribution in [1.29, 1.82) is 0 Å². The topological polar surface area (TPSA) is 82.6 Å². The minimum Gasteiger partial charge on any atom is -0.760 e. The quantitative estimate of drug-likeness (QED) is 0.562. The van der Waals surface area contributed by atoms with Gasteiger partial charge in [-0.25, -0.2) is 9.10 Å². The second-order valence-electron chi connectivity index (χ2n) is 5.24. The van der Waals surface area contributed by atoms with E-state index in [2.05, 4.69) is 9.72 Å². The monoisotopic (exact) mass is 387 g/mol. The largest absolute Gasteiger partial charge is 0.760 e. The van der Waals surface area contributed by atoms with Crippen LogP contribution in [0.25, 0.3) is 0 Å². The van der Waals surface area contributed by atoms with E-state index >= 15 is 0 Å². The van der Waals surface area contributed by atoms with E-state index in [9.17, 15) is 26.7 Å². The van der Waals surface area contributed by atoms with Crippen LogP contribution in [0.5, 0.6) is 0 Å². The predicted octanol–water partition coefficient (Wildman–Crippen LogP) is 2.68. The third kappa shape index (κ3) is 5.35. The molecular formula is C16H14F3N2O4S-. The standard InChI is InChI=1S/C16H15F3N2O4S/c1-25-15(22)12-5-6-14(20-8-12)10-21(26(23)24)9-11-3-2-4-13(7-11)16(17,18)19/h2-8H,9-10H2,1H3,(H,23,24)/p-1. The highest BCUT2D eigenvalue weighted by atomic mass is 32.2. The van der Waals surface area contributed by atoms with Crippen LogP contribution in [0.3, 0.4) is 0 Å². The first kappa shape index (κ1) is 20.0. The molecule has 2 rings (SSSR count). The Morgan fingerprint density at radius 3 is 2.54 bits per heavy atom. The first-order valence-electron chi connectivity index (χ1n) is 7.24. The number of aromatic nitrogens is 1. The molecule has 2 aromatic rings. The minimum atomic E-state index is -4.51. The van der Waals surface area contributed by atoms with Crippen LogP contribution in [0, 0.1) is 0 Å². The number of ether oxygens (including phenoxy) is 1. The van der Waals surface area contributed by atoms with Crippen LogP contribution >= 0.6 is 0 Å². The lowest BCUT2D eigenvalue weighted by Gasteiger charge is -2.24. The SMILES string of the molecule is COC(=O)c1ccc(CN(Cc2cccc(C(F)(F)F)c2)S(=O)[O-])nc1. The van der Waals surface area contributed by atoms with E-state index in [1.54, 1.807) is 0 Å². The lowest BCUT2D eigenvalue weighted by molar-refractivity contribution is -0.137. The lowest BCUT2D eigenvalue weighted by atomic mass is 10.1. The summed E-state index contributed by atoms with van der Waals surface area (Å²) in [6.45, 7) is -0.408. The van der Waals surface area contributed by atoms with E-state index in [1.807, 2.05) is 0 Å². The van der Waals surface area contributed by atoms with E-state index in [4.69, 9.17) is 0 Å². The summed E-state index contributed by atoms with van der Waals surface area (Å²) in [5.41, 5.74) is -0.139. The number of hydrogen-bond acceptors (Lipinski definition) is 5. The maximum atomic E-state index is 12.8. The van der Waals surface area contributed by atoms with E-state index < -0.39 is 29.0 Å². The number of hydrogen-bond donors (Lipinski definition) is 0. The van der Waals surface area contributed by atoms with E-state index in [-0.39, 0.29) is 24.2 Å². The Labute approximate surface area is 150 Å². The maximum Gasteiger partial charge on any atom is 0.416 e. The van der Waals surface area contributed by atoms with E-state index in [0.29, 0.717) is 5.69 Å². The second-order valence-corrected chi connectivity index (χ2v) is 6.19. The zero-order valence-electron chi connectivity index (χ0n) is 13.5. The normalized spacial score (nSPS) is 12.8. The Morgan fingerprint density at radius 2 is 2.00 bits per heavy atom. The molecule has 0 spiro atoms. The van der Waals surface area contributed by atoms with Gasteiger partial charge in [-0.05, 0) is 23.8 Å². The minimum absolute atomic E-state index is 0.159. The molecule has 1 heterocycles. The average Bonchev–Trinajstić information content (AvgIpc) is 2.60. The molecule has 10 heteroatoms. The Kier molecular flexibility index (Phi) is 6.46. The molecule has 0 aliphatic heterocycles. The van der Waals surface area contributed by atoms with Gasteiger partial charge in [-0.15, -0.1) is 0 Å². The van der Waals surface area contributed by atoms with Gasteiger partial charge in [0.15, 0.2) is 0 Å². The summed E-state index contributed by atoms with van der Waals surface area (Å²) in [7, 11) is 1.22. The van der Waals surface area contributed by atoms with Crippen LogP contribution in [0.1, 0.15) is 27.2 Å². The zero-order chi connectivity index (χ0) is 19.3. The van der Waals surface area contributed by atoms with Crippen molar-refractivity contribution in [2.24, 2.45) is 0 Å². The van der Waals surface area contributed by atoms with Crippen molar-refractivity contribution >= 4 is 17.2 Å². The number of rotatable bonds is 6. The number of benzene rings is 1. The van der Waals surface area contributed by atoms with Gasteiger partial charge in [0, 0.05) is 24.0 Å². The van der Waals surface area contributed by atoms with Gasteiger partial charge in [0.2, 0.25) is 0 Å². The number of pyridine rings is 1. The summed E-state index contributed by atoms with van der Waals surface area (Å²) in [6.07, 6.45) is -3.28. The summed E-state index contributed by atoms with van der Waals surface area (Å²) >= 11 is -2.68. The summed E-state index contributed by atoms with van der Waals surface area (Å²) in [5.74, 6) is -0.586. The van der Waals surface area contributed by atoms with Gasteiger partial charge >= 0.3 is 12.1 Å². The number of methoxy groups -OCH3 is 1. The third-order valence-corrected chi connectivity index (χ3v) is 4.09. The number of halogens is 3. The molecule has 1 unspecified atom stereocenters. The molecule has 0 fully saturated rings. The van der Waals surface area contributed by atoms with Gasteiger partial charge in [0.05, 0.1) is 30.5 Å². The molecule has 1 aromatic carbocycles. The van der Waals surface area contributed by atoms with Crippen LogP contribution in [0.4, 0.5) is 13.2 Å². The number of esters is 1. The third-order valence-electron chi connectivity index (χ3n) is 3.41. The van der Waals surface area contributed by atoms with Gasteiger partial charge in [-0.2, -0.15) is 13.2 Å². The molecule has 1 atom stereocenters. The highest BCUT2D eigenvalue weighted by molar-refractivity contribution is 7.76. The summed E-state index contributed by atoms with van der Waals surface area (Å²) in [5, 5.41) is 0. The predicted molar refractivity (Wildman–Crippen MR) is 85.2 cm³/mol. The Bertz CT molecular complexity index is 797. The number of carbonyl (C=O) groups is 1. The molecule has 0 aliphatic carbocycles. The van der Waals surface area contributed by atoms with Gasteiger partial charge < -0.3 is 9.29 Å². The molecule has 0 aliphatic rings. The molecular weight excluding hydrogens is 373 g/mol. The van der Waals surface area contributed by atoms with Crippen molar-refractivity contribution in [3.63, 3.8) is 0 Å². The van der Waals surface area contributed by atoms with E-state index in [0.717, 1.165) is 16.4 Å². The van der Waals surface area contributed by atoms with Crippen LogP contribution in [0.2, 0.25) is 0 Å². The molecule has 0 saturated carbocycles. The van der Waals surface area contributed by atoms with Crippen molar-refractivity contribution in [2.75, 3.05) is 7.11 Å². The Balaban J connectivity index is 2.15. The van der Waals surface area contributed by atoms with Crippen molar-refractivity contribution in [3.05, 3.63) is 65.0 Å². The number of carbonyl (C=O) groups excluding carboxylic acids is 1. The van der Waals surface area contributed by atoms with Crippen molar-refractivity contribution in [2.45, 2.75) is 19.3 Å².